The van der Waals surface area contributed by atoms with Crippen molar-refractivity contribution in [3.8, 4) is 0 Å². The molecule has 0 aromatic carbocycles. The van der Waals surface area contributed by atoms with E-state index in [9.17, 15) is 19.0 Å². The van der Waals surface area contributed by atoms with Gasteiger partial charge in [0.05, 0.1) is 27.7 Å². The average Bonchev–Trinajstić information content (AvgIpc) is 3.11. The number of carbonyl (C=O) groups is 2. The van der Waals surface area contributed by atoms with E-state index >= 15 is 0 Å². The van der Waals surface area contributed by atoms with Crippen LogP contribution in [-0.4, -0.2) is 84.6 Å². The lowest BCUT2D eigenvalue weighted by atomic mass is 10.0. The number of hydrogen-bond donors (Lipinski definition) is 1. The maximum Gasteiger partial charge on any atom is 0.472 e. The Morgan fingerprint density at radius 2 is 0.963 bits per heavy atom. The molecule has 0 spiro atoms. The molecule has 0 aliphatic rings. The molecule has 0 rings (SSSR count). The quantitative estimate of drug-likeness (QED) is 0.0213. The van der Waals surface area contributed by atoms with Crippen LogP contribution in [0.5, 0.6) is 0 Å². The van der Waals surface area contributed by atoms with Crippen molar-refractivity contribution in [2.24, 2.45) is 0 Å². The fourth-order valence-corrected chi connectivity index (χ4v) is 8.09. The first-order valence-electron chi connectivity index (χ1n) is 21.8. The zero-order valence-corrected chi connectivity index (χ0v) is 39.4. The number of esters is 2. The Kier molecular flexibility index (Phi) is 36.1. The summed E-state index contributed by atoms with van der Waals surface area (Å²) in [6.07, 6.45) is 30.8. The fourth-order valence-electron chi connectivity index (χ4n) is 6.17. The number of nitrogens with zero attached hydrogens (tertiary/aromatic N) is 1. The molecule has 0 saturated carbocycles. The largest absolute Gasteiger partial charge is 0.472 e. The summed E-state index contributed by atoms with van der Waals surface area (Å²) in [6.45, 7) is 4.39. The number of phosphoric acid groups is 1. The Bertz CT molecular complexity index is 938. The number of ether oxygens (including phenoxy) is 2. The lowest BCUT2D eigenvalue weighted by Crippen LogP contribution is -2.37. The molecule has 3 unspecified atom stereocenters. The molecule has 0 aliphatic heterocycles. The van der Waals surface area contributed by atoms with Crippen LogP contribution in [0.25, 0.3) is 0 Å². The van der Waals surface area contributed by atoms with Crippen molar-refractivity contribution in [1.82, 2.24) is 0 Å². The second kappa shape index (κ2) is 36.1. The highest BCUT2D eigenvalue weighted by Crippen LogP contribution is 2.43. The number of carbonyl (C=O) groups excluding carboxylic acids is 2. The Morgan fingerprint density at radius 1 is 0.574 bits per heavy atom. The van der Waals surface area contributed by atoms with E-state index in [0.717, 1.165) is 38.5 Å². The van der Waals surface area contributed by atoms with Gasteiger partial charge < -0.3 is 18.9 Å². The summed E-state index contributed by atoms with van der Waals surface area (Å²) in [6, 6.07) is 0. The number of likely N-dealkylation sites (N-methyl/N-ethyl adjacent to an activating group) is 1. The summed E-state index contributed by atoms with van der Waals surface area (Å²) in [7, 11) is 1.46. The number of quaternary nitrogens is 1. The molecular weight excluding hydrogens is 837 g/mol. The van der Waals surface area contributed by atoms with Crippen LogP contribution in [0.15, 0.2) is 0 Å². The van der Waals surface area contributed by atoms with E-state index in [-0.39, 0.29) is 32.0 Å². The number of rotatable bonds is 40. The van der Waals surface area contributed by atoms with Gasteiger partial charge in [-0.25, -0.2) is 4.57 Å². The number of unbranched alkanes of at least 4 members (excludes halogenated alkanes) is 21. The third-order valence-corrected chi connectivity index (χ3v) is 13.6. The van der Waals surface area contributed by atoms with Crippen molar-refractivity contribution in [3.63, 3.8) is 0 Å². The Labute approximate surface area is 349 Å². The van der Waals surface area contributed by atoms with Gasteiger partial charge in [0.15, 0.2) is 6.10 Å². The number of halogens is 2. The van der Waals surface area contributed by atoms with Crippen LogP contribution in [0.1, 0.15) is 194 Å². The van der Waals surface area contributed by atoms with Crippen molar-refractivity contribution in [1.29, 1.82) is 0 Å². The summed E-state index contributed by atoms with van der Waals surface area (Å²) in [5.74, 6) is -0.827. The van der Waals surface area contributed by atoms with Gasteiger partial charge in [0.2, 0.25) is 0 Å². The summed E-state index contributed by atoms with van der Waals surface area (Å²) < 4.78 is 34.4. The first-order chi connectivity index (χ1) is 25.8. The molecule has 0 saturated heterocycles. The minimum absolute atomic E-state index is 0.0266. The Hall–Kier alpha value is -0.0300. The molecule has 12 heteroatoms. The van der Waals surface area contributed by atoms with Crippen LogP contribution < -0.4 is 0 Å². The average molecular weight is 921 g/mol. The maximum absolute atomic E-state index is 12.8. The lowest BCUT2D eigenvalue weighted by Gasteiger charge is -2.24. The zero-order valence-electron chi connectivity index (χ0n) is 35.3. The highest BCUT2D eigenvalue weighted by Gasteiger charge is 2.27. The predicted molar refractivity (Wildman–Crippen MR) is 232 cm³/mol. The molecule has 322 valence electrons. The van der Waals surface area contributed by atoms with Gasteiger partial charge in [-0.05, 0) is 25.7 Å². The van der Waals surface area contributed by atoms with Crippen LogP contribution in [0.3, 0.4) is 0 Å². The molecule has 9 nitrogen and oxygen atoms in total. The maximum atomic E-state index is 12.8. The summed E-state index contributed by atoms with van der Waals surface area (Å²) in [4.78, 5) is 36.2. The summed E-state index contributed by atoms with van der Waals surface area (Å²) in [5, 5.41) is 0. The van der Waals surface area contributed by atoms with E-state index in [4.69, 9.17) is 18.5 Å². The van der Waals surface area contributed by atoms with Gasteiger partial charge in [-0.3, -0.25) is 18.6 Å². The Balaban J connectivity index is 4.51. The third-order valence-electron chi connectivity index (χ3n) is 9.74. The van der Waals surface area contributed by atoms with Crippen molar-refractivity contribution >= 4 is 51.6 Å². The number of alkyl halides is 2. The molecule has 0 amide bonds. The Morgan fingerprint density at radius 3 is 1.43 bits per heavy atom. The van der Waals surface area contributed by atoms with E-state index in [1.807, 2.05) is 21.1 Å². The standard InChI is InChI=1S/C42H82Br2NO8P/c1-6-8-10-12-14-16-17-18-19-21-23-25-27-32-41(46)50-36-38(37-52-54(48,49)51-35-34-45(3,4)5)53-42(47)33-29-28-31-40(44)39(43)30-26-24-22-20-15-13-11-9-7-2/h38-40H,6-37H2,1-5H3/p+1/t38-,39?,40?/m1/s1. The van der Waals surface area contributed by atoms with Crippen LogP contribution in [0.2, 0.25) is 0 Å². The first kappa shape index (κ1) is 54.0. The van der Waals surface area contributed by atoms with Crippen LogP contribution in [0, 0.1) is 0 Å². The molecule has 1 N–H and O–H groups in total. The van der Waals surface area contributed by atoms with Crippen molar-refractivity contribution in [2.45, 2.75) is 209 Å². The van der Waals surface area contributed by atoms with Gasteiger partial charge in [0.1, 0.15) is 19.8 Å². The van der Waals surface area contributed by atoms with E-state index < -0.39 is 26.5 Å². The van der Waals surface area contributed by atoms with Gasteiger partial charge in [0, 0.05) is 22.5 Å². The summed E-state index contributed by atoms with van der Waals surface area (Å²) >= 11 is 7.68. The zero-order chi connectivity index (χ0) is 40.3. The predicted octanol–water partition coefficient (Wildman–Crippen LogP) is 12.8. The monoisotopic (exact) mass is 918 g/mol. The minimum atomic E-state index is -4.39. The number of phosphoric ester groups is 1. The smallest absolute Gasteiger partial charge is 0.462 e. The second-order valence-corrected chi connectivity index (χ2v) is 20.1. The molecule has 54 heavy (non-hydrogen) atoms. The SMILES string of the molecule is CCCCCCCCCCCCCCCC(=O)OC[C@H](COP(=O)(O)OCC[N+](C)(C)C)OC(=O)CCCCC(Br)C(Br)CCCCCCCCCCC. The topological polar surface area (TPSA) is 108 Å². The highest BCUT2D eigenvalue weighted by atomic mass is 79.9. The third kappa shape index (κ3) is 37.5. The minimum Gasteiger partial charge on any atom is -0.462 e. The van der Waals surface area contributed by atoms with E-state index in [0.29, 0.717) is 27.1 Å². The van der Waals surface area contributed by atoms with E-state index in [1.54, 1.807) is 0 Å². The lowest BCUT2D eigenvalue weighted by molar-refractivity contribution is -0.870. The molecule has 0 aromatic heterocycles. The normalized spacial score (nSPS) is 14.7. The molecule has 0 heterocycles. The van der Waals surface area contributed by atoms with Gasteiger partial charge in [-0.15, -0.1) is 0 Å². The first-order valence-corrected chi connectivity index (χ1v) is 25.2. The van der Waals surface area contributed by atoms with Gasteiger partial charge in [-0.1, -0.05) is 187 Å². The molecule has 0 bridgehead atoms. The van der Waals surface area contributed by atoms with Gasteiger partial charge >= 0.3 is 19.8 Å². The van der Waals surface area contributed by atoms with Crippen molar-refractivity contribution in [3.05, 3.63) is 0 Å². The fraction of sp³-hybridized carbons (Fsp3) is 0.952. The summed E-state index contributed by atoms with van der Waals surface area (Å²) in [5.41, 5.74) is 0. The van der Waals surface area contributed by atoms with Gasteiger partial charge in [0.25, 0.3) is 0 Å². The second-order valence-electron chi connectivity index (χ2n) is 16.3. The van der Waals surface area contributed by atoms with Crippen molar-refractivity contribution in [2.75, 3.05) is 47.5 Å². The van der Waals surface area contributed by atoms with Gasteiger partial charge in [-0.2, -0.15) is 0 Å². The number of hydrogen-bond acceptors (Lipinski definition) is 7. The van der Waals surface area contributed by atoms with Crippen LogP contribution >= 0.6 is 39.7 Å². The van der Waals surface area contributed by atoms with E-state index in [1.165, 1.54) is 122 Å². The molecule has 0 radical (unpaired) electrons. The van der Waals surface area contributed by atoms with Crippen LogP contribution in [0.4, 0.5) is 0 Å². The molecule has 4 atom stereocenters. The van der Waals surface area contributed by atoms with Crippen molar-refractivity contribution < 1.29 is 42.1 Å². The molecule has 0 fully saturated rings. The molecule has 0 aromatic rings. The highest BCUT2D eigenvalue weighted by molar-refractivity contribution is 9.12. The van der Waals surface area contributed by atoms with E-state index in [2.05, 4.69) is 45.7 Å². The molecular formula is C42H83Br2NO8P+. The van der Waals surface area contributed by atoms with Crippen LogP contribution in [-0.2, 0) is 32.7 Å². The molecule has 0 aliphatic carbocycles.